The third-order valence-electron chi connectivity index (χ3n) is 4.68. The molecular weight excluding hydrogens is 308 g/mol. The first-order chi connectivity index (χ1) is 10.7. The zero-order valence-electron chi connectivity index (χ0n) is 13.3. The SMILES string of the molecule is CN1CCC[C@H]1[C@H](c1ccccc1)c1ccccc1C(N)=O.Cl. The van der Waals surface area contributed by atoms with Crippen molar-refractivity contribution >= 4 is 18.3 Å². The molecular formula is C19H23ClN2O. The van der Waals surface area contributed by atoms with E-state index in [-0.39, 0.29) is 24.2 Å². The normalized spacial score (nSPS) is 19.1. The first kappa shape index (κ1) is 17.5. The molecule has 1 amide bonds. The van der Waals surface area contributed by atoms with E-state index in [4.69, 9.17) is 5.73 Å². The van der Waals surface area contributed by atoms with E-state index < -0.39 is 0 Å². The van der Waals surface area contributed by atoms with Gasteiger partial charge in [0.15, 0.2) is 0 Å². The molecule has 1 aliphatic rings. The van der Waals surface area contributed by atoms with Crippen molar-refractivity contribution in [1.29, 1.82) is 0 Å². The number of carbonyl (C=O) groups excluding carboxylic acids is 1. The summed E-state index contributed by atoms with van der Waals surface area (Å²) in [6.07, 6.45) is 2.34. The molecule has 1 aliphatic heterocycles. The van der Waals surface area contributed by atoms with Gasteiger partial charge in [0, 0.05) is 17.5 Å². The summed E-state index contributed by atoms with van der Waals surface area (Å²) in [5.74, 6) is -0.172. The largest absolute Gasteiger partial charge is 0.366 e. The van der Waals surface area contributed by atoms with Gasteiger partial charge in [-0.25, -0.2) is 0 Å². The van der Waals surface area contributed by atoms with E-state index in [9.17, 15) is 4.79 Å². The quantitative estimate of drug-likeness (QED) is 0.933. The summed E-state index contributed by atoms with van der Waals surface area (Å²) in [4.78, 5) is 14.3. The highest BCUT2D eigenvalue weighted by atomic mass is 35.5. The lowest BCUT2D eigenvalue weighted by molar-refractivity contribution is 0.0998. The van der Waals surface area contributed by atoms with Crippen molar-refractivity contribution in [2.45, 2.75) is 24.8 Å². The molecule has 4 heteroatoms. The van der Waals surface area contributed by atoms with Crippen LogP contribution in [0, 0.1) is 0 Å². The monoisotopic (exact) mass is 330 g/mol. The summed E-state index contributed by atoms with van der Waals surface area (Å²) < 4.78 is 0. The molecule has 0 aliphatic carbocycles. The fourth-order valence-corrected chi connectivity index (χ4v) is 3.62. The molecule has 0 spiro atoms. The molecule has 3 rings (SSSR count). The minimum absolute atomic E-state index is 0. The Labute approximate surface area is 143 Å². The molecule has 2 aromatic rings. The second-order valence-electron chi connectivity index (χ2n) is 6.03. The van der Waals surface area contributed by atoms with Crippen LogP contribution in [0.25, 0.3) is 0 Å². The Kier molecular flexibility index (Phi) is 5.80. The first-order valence-electron chi connectivity index (χ1n) is 7.82. The van der Waals surface area contributed by atoms with Crippen LogP contribution in [0.4, 0.5) is 0 Å². The van der Waals surface area contributed by atoms with E-state index in [2.05, 4.69) is 36.2 Å². The maximum Gasteiger partial charge on any atom is 0.248 e. The van der Waals surface area contributed by atoms with Crippen LogP contribution < -0.4 is 5.73 Å². The van der Waals surface area contributed by atoms with Crippen LogP contribution in [0.5, 0.6) is 0 Å². The maximum absolute atomic E-state index is 11.9. The van der Waals surface area contributed by atoms with Gasteiger partial charge in [0.25, 0.3) is 0 Å². The van der Waals surface area contributed by atoms with Gasteiger partial charge in [-0.15, -0.1) is 12.4 Å². The summed E-state index contributed by atoms with van der Waals surface area (Å²) in [6, 6.07) is 18.6. The summed E-state index contributed by atoms with van der Waals surface area (Å²) in [5, 5.41) is 0. The summed E-state index contributed by atoms with van der Waals surface area (Å²) in [5.41, 5.74) is 8.53. The predicted octanol–water partition coefficient (Wildman–Crippen LogP) is 3.43. The molecule has 0 bridgehead atoms. The number of rotatable bonds is 4. The molecule has 1 fully saturated rings. The fraction of sp³-hybridized carbons (Fsp3) is 0.316. The van der Waals surface area contributed by atoms with Gasteiger partial charge >= 0.3 is 0 Å². The third-order valence-corrected chi connectivity index (χ3v) is 4.68. The lowest BCUT2D eigenvalue weighted by Gasteiger charge is -2.31. The number of hydrogen-bond acceptors (Lipinski definition) is 2. The first-order valence-corrected chi connectivity index (χ1v) is 7.82. The summed E-state index contributed by atoms with van der Waals surface area (Å²) in [6.45, 7) is 1.10. The van der Waals surface area contributed by atoms with E-state index >= 15 is 0 Å². The molecule has 2 N–H and O–H groups in total. The number of amides is 1. The van der Waals surface area contributed by atoms with Crippen LogP contribution in [-0.4, -0.2) is 30.4 Å². The van der Waals surface area contributed by atoms with Crippen LogP contribution in [-0.2, 0) is 0 Å². The molecule has 3 nitrogen and oxygen atoms in total. The van der Waals surface area contributed by atoms with E-state index in [1.807, 2.05) is 30.3 Å². The number of likely N-dealkylation sites (tertiary alicyclic amines) is 1. The molecule has 1 heterocycles. The van der Waals surface area contributed by atoms with E-state index in [1.54, 1.807) is 0 Å². The molecule has 0 saturated carbocycles. The zero-order chi connectivity index (χ0) is 15.5. The van der Waals surface area contributed by atoms with Crippen molar-refractivity contribution in [3.8, 4) is 0 Å². The van der Waals surface area contributed by atoms with Crippen molar-refractivity contribution in [2.24, 2.45) is 5.73 Å². The molecule has 122 valence electrons. The Balaban J connectivity index is 0.00000192. The Morgan fingerprint density at radius 1 is 1.13 bits per heavy atom. The highest BCUT2D eigenvalue weighted by Gasteiger charge is 2.33. The van der Waals surface area contributed by atoms with Crippen LogP contribution in [0.3, 0.4) is 0 Å². The third kappa shape index (κ3) is 3.57. The maximum atomic E-state index is 11.9. The molecule has 2 aromatic carbocycles. The van der Waals surface area contributed by atoms with Crippen LogP contribution in [0.2, 0.25) is 0 Å². The van der Waals surface area contributed by atoms with E-state index in [1.165, 1.54) is 12.0 Å². The second-order valence-corrected chi connectivity index (χ2v) is 6.03. The lowest BCUT2D eigenvalue weighted by atomic mass is 9.81. The van der Waals surface area contributed by atoms with Gasteiger partial charge in [-0.05, 0) is 43.6 Å². The Hall–Kier alpha value is -1.84. The molecule has 1 saturated heterocycles. The number of hydrogen-bond donors (Lipinski definition) is 1. The number of carbonyl (C=O) groups is 1. The minimum atomic E-state index is -0.350. The molecule has 0 unspecified atom stereocenters. The van der Waals surface area contributed by atoms with Crippen LogP contribution in [0.15, 0.2) is 54.6 Å². The number of benzene rings is 2. The van der Waals surface area contributed by atoms with Gasteiger partial charge in [-0.1, -0.05) is 48.5 Å². The van der Waals surface area contributed by atoms with Gasteiger partial charge in [0.05, 0.1) is 0 Å². The number of halogens is 1. The molecule has 2 atom stereocenters. The Morgan fingerprint density at radius 2 is 1.78 bits per heavy atom. The van der Waals surface area contributed by atoms with Gasteiger partial charge in [-0.2, -0.15) is 0 Å². The predicted molar refractivity (Wildman–Crippen MR) is 96.1 cm³/mol. The highest BCUT2D eigenvalue weighted by Crippen LogP contribution is 2.37. The van der Waals surface area contributed by atoms with Crippen molar-refractivity contribution in [2.75, 3.05) is 13.6 Å². The van der Waals surface area contributed by atoms with Gasteiger partial charge in [-0.3, -0.25) is 4.79 Å². The topological polar surface area (TPSA) is 46.3 Å². The number of likely N-dealkylation sites (N-methyl/N-ethyl adjacent to an activating group) is 1. The Bertz CT molecular complexity index is 659. The number of nitrogens with two attached hydrogens (primary N) is 1. The van der Waals surface area contributed by atoms with Crippen molar-refractivity contribution in [3.63, 3.8) is 0 Å². The lowest BCUT2D eigenvalue weighted by Crippen LogP contribution is -2.33. The second kappa shape index (κ2) is 7.62. The highest BCUT2D eigenvalue weighted by molar-refractivity contribution is 5.94. The minimum Gasteiger partial charge on any atom is -0.366 e. The summed E-state index contributed by atoms with van der Waals surface area (Å²) in [7, 11) is 2.17. The van der Waals surface area contributed by atoms with E-state index in [0.717, 1.165) is 18.5 Å². The fourth-order valence-electron chi connectivity index (χ4n) is 3.62. The standard InChI is InChI=1S/C19H22N2O.ClH/c1-21-13-7-12-17(21)18(14-8-3-2-4-9-14)15-10-5-6-11-16(15)19(20)22;/h2-6,8-11,17-18H,7,12-13H2,1H3,(H2,20,22);1H/t17-,18+;/m0./s1. The summed E-state index contributed by atoms with van der Waals surface area (Å²) >= 11 is 0. The van der Waals surface area contributed by atoms with E-state index in [0.29, 0.717) is 11.6 Å². The van der Waals surface area contributed by atoms with Gasteiger partial charge in [0.1, 0.15) is 0 Å². The molecule has 23 heavy (non-hydrogen) atoms. The average Bonchev–Trinajstić information content (AvgIpc) is 2.95. The van der Waals surface area contributed by atoms with Crippen molar-refractivity contribution in [1.82, 2.24) is 4.90 Å². The molecule has 0 radical (unpaired) electrons. The zero-order valence-corrected chi connectivity index (χ0v) is 14.1. The van der Waals surface area contributed by atoms with Gasteiger partial charge < -0.3 is 10.6 Å². The smallest absolute Gasteiger partial charge is 0.248 e. The number of nitrogens with zero attached hydrogens (tertiary/aromatic N) is 1. The molecule has 0 aromatic heterocycles. The van der Waals surface area contributed by atoms with Crippen LogP contribution >= 0.6 is 12.4 Å². The average molecular weight is 331 g/mol. The number of primary amides is 1. The van der Waals surface area contributed by atoms with Crippen molar-refractivity contribution < 1.29 is 4.79 Å². The van der Waals surface area contributed by atoms with Crippen LogP contribution in [0.1, 0.15) is 40.2 Å². The van der Waals surface area contributed by atoms with Gasteiger partial charge in [0.2, 0.25) is 5.91 Å². The Morgan fingerprint density at radius 3 is 2.39 bits per heavy atom. The van der Waals surface area contributed by atoms with Crippen molar-refractivity contribution in [3.05, 3.63) is 71.3 Å².